The Morgan fingerprint density at radius 3 is 2.62 bits per heavy atom. The Labute approximate surface area is 78.7 Å². The van der Waals surface area contributed by atoms with Crippen LogP contribution < -0.4 is 5.73 Å². The van der Waals surface area contributed by atoms with E-state index in [1.165, 1.54) is 0 Å². The van der Waals surface area contributed by atoms with Gasteiger partial charge in [0.1, 0.15) is 0 Å². The molecule has 0 saturated heterocycles. The molecule has 0 saturated carbocycles. The van der Waals surface area contributed by atoms with E-state index in [4.69, 9.17) is 5.73 Å². The Bertz CT molecular complexity index is 259. The quantitative estimate of drug-likeness (QED) is 0.565. The van der Waals surface area contributed by atoms with E-state index in [2.05, 4.69) is 0 Å². The molecule has 1 rings (SSSR count). The first-order valence-corrected chi connectivity index (χ1v) is 5.79. The minimum Gasteiger partial charge on any atom is -0.577 e. The third-order valence-electron chi connectivity index (χ3n) is 2.27. The second-order valence-electron chi connectivity index (χ2n) is 3.21. The lowest BCUT2D eigenvalue weighted by Gasteiger charge is -2.17. The number of allylic oxidation sites excluding steroid dienone is 1. The van der Waals surface area contributed by atoms with E-state index in [0.717, 1.165) is 12.8 Å². The second-order valence-corrected chi connectivity index (χ2v) is 4.58. The van der Waals surface area contributed by atoms with Crippen LogP contribution in [0.5, 0.6) is 0 Å². The molecule has 0 bridgehead atoms. The van der Waals surface area contributed by atoms with Crippen LogP contribution in [0.3, 0.4) is 0 Å². The van der Waals surface area contributed by atoms with E-state index in [1.54, 1.807) is 0 Å². The van der Waals surface area contributed by atoms with Crippen LogP contribution in [0.2, 0.25) is 0 Å². The van der Waals surface area contributed by atoms with Crippen LogP contribution in [0.25, 0.3) is 0 Å². The predicted octanol–water partition coefficient (Wildman–Crippen LogP) is 1.68. The molecule has 13 heavy (non-hydrogen) atoms. The average Bonchev–Trinajstić information content (AvgIpc) is 2.04. The smallest absolute Gasteiger partial charge is 0.274 e. The fourth-order valence-electron chi connectivity index (χ4n) is 1.67. The summed E-state index contributed by atoms with van der Waals surface area (Å²) in [5.74, 6) is 0. The fraction of sp³-hybridized carbons (Fsp3) is 0.750. The van der Waals surface area contributed by atoms with Gasteiger partial charge in [0, 0.05) is 10.3 Å². The number of nitrogens with two attached hydrogens (primary N) is 1. The molecule has 76 valence electrons. The normalized spacial score (nSPS) is 23.0. The van der Waals surface area contributed by atoms with Crippen LogP contribution in [0.15, 0.2) is 10.5 Å². The molecule has 0 fully saturated rings. The molecule has 0 aliphatic heterocycles. The minimum atomic E-state index is -4.47. The van der Waals surface area contributed by atoms with Gasteiger partial charge in [-0.3, -0.25) is 0 Å². The first kappa shape index (κ1) is 10.8. The van der Waals surface area contributed by atoms with Crippen molar-refractivity contribution >= 4 is 10.6 Å². The van der Waals surface area contributed by atoms with E-state index in [0.29, 0.717) is 31.4 Å². The van der Waals surface area contributed by atoms with Gasteiger partial charge in [-0.2, -0.15) is 0 Å². The summed E-state index contributed by atoms with van der Waals surface area (Å²) in [4.78, 5) is -0.01000. The lowest BCUT2D eigenvalue weighted by Crippen LogP contribution is -2.14. The van der Waals surface area contributed by atoms with Crippen molar-refractivity contribution in [3.63, 3.8) is 0 Å². The molecule has 0 heterocycles. The van der Waals surface area contributed by atoms with Gasteiger partial charge in [0.25, 0.3) is 10.6 Å². The standard InChI is InChI=1S/C8H14FNO2S/c9-13(11,12)8-4-2-1-3-7(8)5-6-10/h1-6,10H2. The number of hydrogen-bond donors (Lipinski definition) is 1. The fourth-order valence-corrected chi connectivity index (χ4v) is 2.61. The van der Waals surface area contributed by atoms with Gasteiger partial charge in [-0.05, 0) is 37.8 Å². The maximum absolute atomic E-state index is 12.7. The van der Waals surface area contributed by atoms with E-state index in [-0.39, 0.29) is 4.91 Å². The number of hydrogen-bond acceptors (Lipinski definition) is 3. The highest BCUT2D eigenvalue weighted by molar-refractivity contribution is 7.96. The first-order valence-electron chi connectivity index (χ1n) is 4.41. The van der Waals surface area contributed by atoms with Gasteiger partial charge in [-0.25, -0.2) is 0 Å². The highest BCUT2D eigenvalue weighted by Gasteiger charge is 2.29. The highest BCUT2D eigenvalue weighted by Crippen LogP contribution is 2.33. The molecular formula is C8H14FNO2S. The van der Waals surface area contributed by atoms with Crippen molar-refractivity contribution in [2.75, 3.05) is 6.54 Å². The molecule has 1 aliphatic carbocycles. The summed E-state index contributed by atoms with van der Waals surface area (Å²) in [5.41, 5.74) is 6.00. The summed E-state index contributed by atoms with van der Waals surface area (Å²) in [7, 11) is -4.47. The Hall–Kier alpha value is -0.260. The predicted molar refractivity (Wildman–Crippen MR) is 49.1 cm³/mol. The molecule has 1 unspecified atom stereocenters. The molecule has 0 aromatic rings. The molecule has 1 atom stereocenters. The zero-order valence-corrected chi connectivity index (χ0v) is 8.24. The van der Waals surface area contributed by atoms with Crippen LogP contribution in [-0.2, 0) is 14.8 Å². The lowest BCUT2D eigenvalue weighted by atomic mass is 9.97. The summed E-state index contributed by atoms with van der Waals surface area (Å²) in [5, 5.41) is 0. The van der Waals surface area contributed by atoms with Crippen LogP contribution in [0.1, 0.15) is 32.1 Å². The molecule has 0 spiro atoms. The van der Waals surface area contributed by atoms with Crippen molar-refractivity contribution in [3.05, 3.63) is 10.5 Å². The van der Waals surface area contributed by atoms with E-state index in [9.17, 15) is 12.6 Å². The number of rotatable bonds is 3. The highest BCUT2D eigenvalue weighted by atomic mass is 32.3. The zero-order valence-electron chi connectivity index (χ0n) is 7.42. The van der Waals surface area contributed by atoms with Gasteiger partial charge < -0.3 is 10.3 Å². The van der Waals surface area contributed by atoms with Gasteiger partial charge >= 0.3 is 0 Å². The van der Waals surface area contributed by atoms with Crippen molar-refractivity contribution in [2.45, 2.75) is 32.1 Å². The van der Waals surface area contributed by atoms with Gasteiger partial charge in [0.15, 0.2) is 4.91 Å². The van der Waals surface area contributed by atoms with Crippen molar-refractivity contribution < 1.29 is 12.6 Å². The monoisotopic (exact) mass is 207 g/mol. The van der Waals surface area contributed by atoms with E-state index in [1.807, 2.05) is 0 Å². The molecule has 5 heteroatoms. The molecule has 3 nitrogen and oxygen atoms in total. The van der Waals surface area contributed by atoms with Crippen molar-refractivity contribution in [2.24, 2.45) is 5.73 Å². The van der Waals surface area contributed by atoms with Crippen molar-refractivity contribution in [3.8, 4) is 0 Å². The average molecular weight is 207 g/mol. The summed E-state index contributed by atoms with van der Waals surface area (Å²) in [6.45, 7) is 0.383. The molecule has 1 aliphatic rings. The Balaban J connectivity index is 2.90. The van der Waals surface area contributed by atoms with Gasteiger partial charge in [-0.1, -0.05) is 4.21 Å². The molecule has 0 aromatic heterocycles. The lowest BCUT2D eigenvalue weighted by molar-refractivity contribution is 0.437. The Morgan fingerprint density at radius 2 is 2.08 bits per heavy atom. The van der Waals surface area contributed by atoms with Gasteiger partial charge in [0.2, 0.25) is 0 Å². The molecular weight excluding hydrogens is 193 g/mol. The van der Waals surface area contributed by atoms with Crippen LogP contribution in [-0.4, -0.2) is 11.1 Å². The maximum Gasteiger partial charge on any atom is 0.274 e. The van der Waals surface area contributed by atoms with E-state index < -0.39 is 10.6 Å². The van der Waals surface area contributed by atoms with Crippen LogP contribution >= 0.6 is 0 Å². The third kappa shape index (κ3) is 2.86. The summed E-state index contributed by atoms with van der Waals surface area (Å²) in [6, 6.07) is 0. The zero-order chi connectivity index (χ0) is 9.90. The molecule has 0 radical (unpaired) electrons. The maximum atomic E-state index is 12.7. The third-order valence-corrected chi connectivity index (χ3v) is 3.35. The SMILES string of the molecule is NCCC1=C([S+](=O)([O-])F)CCCC1. The van der Waals surface area contributed by atoms with Crippen LogP contribution in [0.4, 0.5) is 3.89 Å². The summed E-state index contributed by atoms with van der Waals surface area (Å²) >= 11 is 0. The minimum absolute atomic E-state index is 0.01000. The van der Waals surface area contributed by atoms with Crippen molar-refractivity contribution in [1.82, 2.24) is 0 Å². The summed E-state index contributed by atoms with van der Waals surface area (Å²) < 4.78 is 34.1. The van der Waals surface area contributed by atoms with Gasteiger partial charge in [0.05, 0.1) is 0 Å². The molecule has 0 amide bonds. The Kier molecular flexibility index (Phi) is 3.58. The second kappa shape index (κ2) is 4.30. The molecule has 0 aromatic carbocycles. The van der Waals surface area contributed by atoms with Crippen molar-refractivity contribution in [1.29, 1.82) is 0 Å². The Morgan fingerprint density at radius 1 is 1.46 bits per heavy atom. The van der Waals surface area contributed by atoms with Gasteiger partial charge in [-0.15, -0.1) is 0 Å². The topological polar surface area (TPSA) is 66.2 Å². The largest absolute Gasteiger partial charge is 0.577 e. The van der Waals surface area contributed by atoms with E-state index >= 15 is 0 Å². The summed E-state index contributed by atoms with van der Waals surface area (Å²) in [6.07, 6.45) is 3.21. The number of halogens is 1. The first-order chi connectivity index (χ1) is 6.05. The van der Waals surface area contributed by atoms with Crippen LogP contribution in [0, 0.1) is 0 Å². The molecule has 2 N–H and O–H groups in total.